The molecule has 0 atom stereocenters. The molecular weight excluding hydrogens is 334 g/mol. The number of aromatic nitrogens is 1. The highest BCUT2D eigenvalue weighted by atomic mass is 32.1. The number of hydrogen-bond acceptors (Lipinski definition) is 5. The van der Waals surface area contributed by atoms with Gasteiger partial charge in [0.25, 0.3) is 0 Å². The normalized spacial score (nSPS) is 10.0. The van der Waals surface area contributed by atoms with Crippen LogP contribution in [0.5, 0.6) is 0 Å². The van der Waals surface area contributed by atoms with E-state index in [1.165, 1.54) is 11.3 Å². The Morgan fingerprint density at radius 1 is 1.16 bits per heavy atom. The van der Waals surface area contributed by atoms with Crippen molar-refractivity contribution in [1.29, 1.82) is 5.26 Å². The summed E-state index contributed by atoms with van der Waals surface area (Å²) in [6.45, 7) is 0.542. The van der Waals surface area contributed by atoms with E-state index in [0.717, 1.165) is 21.8 Å². The first kappa shape index (κ1) is 16.7. The van der Waals surface area contributed by atoms with Crippen LogP contribution in [0.25, 0.3) is 10.6 Å². The monoisotopic (exact) mass is 349 g/mol. The molecule has 0 saturated heterocycles. The molecule has 2 aromatic carbocycles. The van der Waals surface area contributed by atoms with Crippen LogP contribution >= 0.6 is 11.3 Å². The van der Waals surface area contributed by atoms with Gasteiger partial charge >= 0.3 is 6.09 Å². The van der Waals surface area contributed by atoms with Crippen molar-refractivity contribution in [2.75, 3.05) is 0 Å². The molecule has 0 aliphatic carbocycles. The predicted molar refractivity (Wildman–Crippen MR) is 95.7 cm³/mol. The van der Waals surface area contributed by atoms with E-state index < -0.39 is 6.09 Å². The lowest BCUT2D eigenvalue weighted by Gasteiger charge is -2.05. The molecule has 1 aromatic heterocycles. The van der Waals surface area contributed by atoms with Gasteiger partial charge in [0.1, 0.15) is 11.6 Å². The fraction of sp³-hybridized carbons (Fsp3) is 0.105. The van der Waals surface area contributed by atoms with Crippen LogP contribution in [-0.2, 0) is 17.9 Å². The summed E-state index contributed by atoms with van der Waals surface area (Å²) in [5.74, 6) is 0. The highest BCUT2D eigenvalue weighted by molar-refractivity contribution is 7.13. The van der Waals surface area contributed by atoms with Crippen LogP contribution in [0.4, 0.5) is 4.79 Å². The Kier molecular flexibility index (Phi) is 5.39. The number of nitrogens with zero attached hydrogens (tertiary/aromatic N) is 2. The maximum Gasteiger partial charge on any atom is 0.407 e. The molecule has 1 N–H and O–H groups in total. The molecule has 0 bridgehead atoms. The molecule has 5 nitrogen and oxygen atoms in total. The van der Waals surface area contributed by atoms with Gasteiger partial charge in [0.05, 0.1) is 23.9 Å². The number of benzene rings is 2. The second kappa shape index (κ2) is 8.08. The fourth-order valence-electron chi connectivity index (χ4n) is 2.14. The minimum Gasteiger partial charge on any atom is -0.445 e. The lowest BCUT2D eigenvalue weighted by atomic mass is 10.1. The summed E-state index contributed by atoms with van der Waals surface area (Å²) >= 11 is 1.49. The molecule has 3 aromatic rings. The summed E-state index contributed by atoms with van der Waals surface area (Å²) in [7, 11) is 0. The number of thiazole rings is 1. The first-order valence-electron chi connectivity index (χ1n) is 7.64. The summed E-state index contributed by atoms with van der Waals surface area (Å²) in [6.07, 6.45) is -0.475. The van der Waals surface area contributed by atoms with Gasteiger partial charge in [-0.2, -0.15) is 5.26 Å². The number of amides is 1. The van der Waals surface area contributed by atoms with E-state index in [0.29, 0.717) is 12.1 Å². The summed E-state index contributed by atoms with van der Waals surface area (Å²) < 4.78 is 5.16. The number of ether oxygens (including phenoxy) is 1. The molecule has 0 spiro atoms. The van der Waals surface area contributed by atoms with E-state index in [1.54, 1.807) is 12.1 Å². The Morgan fingerprint density at radius 3 is 2.64 bits per heavy atom. The molecule has 3 rings (SSSR count). The zero-order valence-corrected chi connectivity index (χ0v) is 14.1. The van der Waals surface area contributed by atoms with E-state index in [2.05, 4.69) is 16.4 Å². The van der Waals surface area contributed by atoms with Crippen molar-refractivity contribution in [2.45, 2.75) is 13.2 Å². The molecule has 1 heterocycles. The van der Waals surface area contributed by atoms with Crippen LogP contribution in [0.15, 0.2) is 60.0 Å². The Labute approximate surface area is 149 Å². The van der Waals surface area contributed by atoms with Crippen molar-refractivity contribution < 1.29 is 9.53 Å². The van der Waals surface area contributed by atoms with Gasteiger partial charge in [0.15, 0.2) is 0 Å². The second-order valence-electron chi connectivity index (χ2n) is 5.25. The van der Waals surface area contributed by atoms with E-state index in [-0.39, 0.29) is 6.61 Å². The standard InChI is InChI=1S/C19H15N3O2S/c20-10-14-6-8-16(9-7-14)18-22-17(13-25-18)11-21-19(23)24-12-15-4-2-1-3-5-15/h1-9,13H,11-12H2,(H,21,23). The molecule has 25 heavy (non-hydrogen) atoms. The average Bonchev–Trinajstić information content (AvgIpc) is 3.14. The van der Waals surface area contributed by atoms with Gasteiger partial charge in [0, 0.05) is 10.9 Å². The van der Waals surface area contributed by atoms with Crippen molar-refractivity contribution in [1.82, 2.24) is 10.3 Å². The maximum absolute atomic E-state index is 11.7. The summed E-state index contributed by atoms with van der Waals surface area (Å²) in [6, 6.07) is 18.8. The van der Waals surface area contributed by atoms with Crippen LogP contribution in [0.3, 0.4) is 0 Å². The number of hydrogen-bond donors (Lipinski definition) is 1. The highest BCUT2D eigenvalue weighted by Gasteiger charge is 2.07. The van der Waals surface area contributed by atoms with Crippen molar-refractivity contribution in [2.24, 2.45) is 0 Å². The third-order valence-corrected chi connectivity index (χ3v) is 4.38. The zero-order valence-electron chi connectivity index (χ0n) is 13.3. The third-order valence-electron chi connectivity index (χ3n) is 3.44. The van der Waals surface area contributed by atoms with Gasteiger partial charge in [-0.05, 0) is 17.7 Å². The molecule has 0 aliphatic rings. The van der Waals surface area contributed by atoms with Crippen molar-refractivity contribution >= 4 is 17.4 Å². The van der Waals surface area contributed by atoms with E-state index in [9.17, 15) is 4.79 Å². The zero-order chi connectivity index (χ0) is 17.5. The Morgan fingerprint density at radius 2 is 1.92 bits per heavy atom. The quantitative estimate of drug-likeness (QED) is 0.752. The smallest absolute Gasteiger partial charge is 0.407 e. The van der Waals surface area contributed by atoms with Crippen LogP contribution in [-0.4, -0.2) is 11.1 Å². The van der Waals surface area contributed by atoms with Gasteiger partial charge in [-0.25, -0.2) is 9.78 Å². The summed E-state index contributed by atoms with van der Waals surface area (Å²) in [5.41, 5.74) is 3.26. The van der Waals surface area contributed by atoms with Crippen molar-refractivity contribution in [3.8, 4) is 16.6 Å². The lowest BCUT2D eigenvalue weighted by molar-refractivity contribution is 0.139. The van der Waals surface area contributed by atoms with Gasteiger partial charge in [-0.1, -0.05) is 42.5 Å². The number of nitrogens with one attached hydrogen (secondary N) is 1. The number of nitriles is 1. The van der Waals surface area contributed by atoms with Gasteiger partial charge in [-0.15, -0.1) is 11.3 Å². The SMILES string of the molecule is N#Cc1ccc(-c2nc(CNC(=O)OCc3ccccc3)cs2)cc1. The molecule has 6 heteroatoms. The van der Waals surface area contributed by atoms with Gasteiger partial charge in [-0.3, -0.25) is 0 Å². The summed E-state index contributed by atoms with van der Waals surface area (Å²) in [4.78, 5) is 16.2. The first-order chi connectivity index (χ1) is 12.2. The average molecular weight is 349 g/mol. The molecule has 0 fully saturated rings. The number of alkyl carbamates (subject to hydrolysis) is 1. The van der Waals surface area contributed by atoms with Gasteiger partial charge < -0.3 is 10.1 Å². The minimum absolute atomic E-state index is 0.236. The first-order valence-corrected chi connectivity index (χ1v) is 8.52. The Bertz CT molecular complexity index is 883. The van der Waals surface area contributed by atoms with Gasteiger partial charge in [0.2, 0.25) is 0 Å². The van der Waals surface area contributed by atoms with Crippen molar-refractivity contribution in [3.05, 3.63) is 76.8 Å². The molecular formula is C19H15N3O2S. The lowest BCUT2D eigenvalue weighted by Crippen LogP contribution is -2.23. The van der Waals surface area contributed by atoms with E-state index >= 15 is 0 Å². The molecule has 1 amide bonds. The molecule has 0 radical (unpaired) electrons. The van der Waals surface area contributed by atoms with Crippen LogP contribution in [0.2, 0.25) is 0 Å². The molecule has 0 unspecified atom stereocenters. The van der Waals surface area contributed by atoms with Crippen LogP contribution in [0.1, 0.15) is 16.8 Å². The molecule has 0 saturated carbocycles. The fourth-order valence-corrected chi connectivity index (χ4v) is 2.97. The highest BCUT2D eigenvalue weighted by Crippen LogP contribution is 2.23. The van der Waals surface area contributed by atoms with Crippen molar-refractivity contribution in [3.63, 3.8) is 0 Å². The Balaban J connectivity index is 1.51. The Hall–Kier alpha value is -3.17. The molecule has 124 valence electrons. The second-order valence-corrected chi connectivity index (χ2v) is 6.11. The van der Waals surface area contributed by atoms with Crippen LogP contribution < -0.4 is 5.32 Å². The summed E-state index contributed by atoms with van der Waals surface area (Å²) in [5, 5.41) is 14.3. The maximum atomic E-state index is 11.7. The third kappa shape index (κ3) is 4.66. The van der Waals surface area contributed by atoms with Crippen LogP contribution in [0, 0.1) is 11.3 Å². The van der Waals surface area contributed by atoms with E-state index in [1.807, 2.05) is 47.8 Å². The minimum atomic E-state index is -0.475. The largest absolute Gasteiger partial charge is 0.445 e. The number of carbonyl (C=O) groups is 1. The number of carbonyl (C=O) groups excluding carboxylic acids is 1. The molecule has 0 aliphatic heterocycles. The number of rotatable bonds is 5. The topological polar surface area (TPSA) is 75.0 Å². The predicted octanol–water partition coefficient (Wildman–Crippen LogP) is 4.11. The van der Waals surface area contributed by atoms with E-state index in [4.69, 9.17) is 10.00 Å².